The summed E-state index contributed by atoms with van der Waals surface area (Å²) in [6.45, 7) is 0. The van der Waals surface area contributed by atoms with E-state index in [1.165, 1.54) is 43.6 Å². The highest BCUT2D eigenvalue weighted by molar-refractivity contribution is 6.22. The number of para-hydroxylation sites is 1. The van der Waals surface area contributed by atoms with Crippen LogP contribution in [-0.2, 0) is 0 Å². The van der Waals surface area contributed by atoms with Crippen molar-refractivity contribution in [3.05, 3.63) is 194 Å². The molecule has 0 fully saturated rings. The van der Waals surface area contributed by atoms with Crippen molar-refractivity contribution < 1.29 is 4.42 Å². The quantitative estimate of drug-likeness (QED) is 0.181. The molecule has 3 heteroatoms. The lowest BCUT2D eigenvalue weighted by Crippen LogP contribution is -2.11. The van der Waals surface area contributed by atoms with Gasteiger partial charge in [-0.3, -0.25) is 0 Å². The van der Waals surface area contributed by atoms with Crippen LogP contribution in [0.25, 0.3) is 82.1 Å². The molecule has 0 aliphatic heterocycles. The van der Waals surface area contributed by atoms with Crippen molar-refractivity contribution in [3.63, 3.8) is 0 Å². The summed E-state index contributed by atoms with van der Waals surface area (Å²) >= 11 is 0. The first-order valence-electron chi connectivity index (χ1n) is 18.1. The number of aromatic nitrogens is 1. The van der Waals surface area contributed by atoms with Crippen molar-refractivity contribution in [2.45, 2.75) is 0 Å². The van der Waals surface area contributed by atoms with Crippen LogP contribution >= 0.6 is 0 Å². The molecule has 0 atom stereocenters. The predicted molar refractivity (Wildman–Crippen MR) is 223 cm³/mol. The van der Waals surface area contributed by atoms with Gasteiger partial charge >= 0.3 is 0 Å². The monoisotopic (exact) mass is 676 g/mol. The Balaban J connectivity index is 1.21. The second-order valence-electron chi connectivity index (χ2n) is 13.7. The van der Waals surface area contributed by atoms with Gasteiger partial charge in [-0.05, 0) is 87.9 Å². The lowest BCUT2D eigenvalue weighted by Gasteiger charge is -2.27. The second-order valence-corrected chi connectivity index (χ2v) is 13.7. The molecule has 11 rings (SSSR count). The van der Waals surface area contributed by atoms with Gasteiger partial charge in [-0.25, -0.2) is 0 Å². The summed E-state index contributed by atoms with van der Waals surface area (Å²) in [5.74, 6) is 0. The highest BCUT2D eigenvalue weighted by Gasteiger charge is 2.24. The number of nitrogens with zero attached hydrogens (tertiary/aromatic N) is 2. The van der Waals surface area contributed by atoms with Gasteiger partial charge < -0.3 is 13.9 Å². The van der Waals surface area contributed by atoms with Gasteiger partial charge in [0.05, 0.1) is 27.8 Å². The zero-order valence-corrected chi connectivity index (χ0v) is 28.8. The zero-order chi connectivity index (χ0) is 34.9. The van der Waals surface area contributed by atoms with Gasteiger partial charge in [0, 0.05) is 32.9 Å². The highest BCUT2D eigenvalue weighted by Crippen LogP contribution is 2.48. The van der Waals surface area contributed by atoms with Gasteiger partial charge in [0.25, 0.3) is 0 Å². The Morgan fingerprint density at radius 2 is 1.04 bits per heavy atom. The summed E-state index contributed by atoms with van der Waals surface area (Å²) in [6.07, 6.45) is 0. The average molecular weight is 677 g/mol. The fourth-order valence-corrected chi connectivity index (χ4v) is 8.34. The number of hydrogen-bond donors (Lipinski definition) is 0. The molecule has 2 heterocycles. The average Bonchev–Trinajstić information content (AvgIpc) is 3.79. The molecule has 0 unspecified atom stereocenters. The molecule has 53 heavy (non-hydrogen) atoms. The summed E-state index contributed by atoms with van der Waals surface area (Å²) in [5, 5.41) is 9.33. The minimum Gasteiger partial charge on any atom is -0.455 e. The predicted octanol–water partition coefficient (Wildman–Crippen LogP) is 14.1. The van der Waals surface area contributed by atoms with E-state index in [9.17, 15) is 0 Å². The van der Waals surface area contributed by atoms with Crippen LogP contribution in [-0.4, -0.2) is 4.57 Å². The normalized spacial score (nSPS) is 11.8. The van der Waals surface area contributed by atoms with Crippen molar-refractivity contribution in [1.82, 2.24) is 4.57 Å². The van der Waals surface area contributed by atoms with E-state index in [1.54, 1.807) is 0 Å². The first-order chi connectivity index (χ1) is 26.3. The standard InChI is InChI=1S/C50H32N2O/c1-2-12-33(13-3-1)35-24-28-38(29-25-35)51(46-22-11-23-47-49(46)42-31-27-36-15-6-7-17-40(36)50(42)53-47)44-20-10-21-45-48(44)41-18-8-9-19-43(41)52(45)39-30-26-34-14-4-5-16-37(34)32-39/h1-32H. The molecule has 0 aliphatic carbocycles. The summed E-state index contributed by atoms with van der Waals surface area (Å²) in [4.78, 5) is 2.43. The molecule has 0 aliphatic rings. The molecule has 3 nitrogen and oxygen atoms in total. The summed E-state index contributed by atoms with van der Waals surface area (Å²) in [5.41, 5.74) is 10.9. The van der Waals surface area contributed by atoms with Gasteiger partial charge in [-0.2, -0.15) is 0 Å². The van der Waals surface area contributed by atoms with Crippen LogP contribution in [0.3, 0.4) is 0 Å². The van der Waals surface area contributed by atoms with Gasteiger partial charge in [-0.15, -0.1) is 0 Å². The topological polar surface area (TPSA) is 21.3 Å². The Hall–Kier alpha value is -7.10. The van der Waals surface area contributed by atoms with E-state index in [1.807, 2.05) is 0 Å². The summed E-state index contributed by atoms with van der Waals surface area (Å²) in [6, 6.07) is 69.7. The maximum atomic E-state index is 6.73. The van der Waals surface area contributed by atoms with E-state index in [-0.39, 0.29) is 0 Å². The molecule has 9 aromatic carbocycles. The number of benzene rings is 9. The Kier molecular flexibility index (Phi) is 6.55. The molecular weight excluding hydrogens is 645 g/mol. The number of fused-ring (bicyclic) bond motifs is 9. The third kappa shape index (κ3) is 4.61. The van der Waals surface area contributed by atoms with Crippen molar-refractivity contribution in [1.29, 1.82) is 0 Å². The summed E-state index contributed by atoms with van der Waals surface area (Å²) in [7, 11) is 0. The van der Waals surface area contributed by atoms with Crippen molar-refractivity contribution >= 4 is 82.4 Å². The van der Waals surface area contributed by atoms with Crippen LogP contribution in [0.4, 0.5) is 17.1 Å². The van der Waals surface area contributed by atoms with E-state index in [0.717, 1.165) is 55.6 Å². The summed E-state index contributed by atoms with van der Waals surface area (Å²) < 4.78 is 9.14. The molecule has 0 saturated heterocycles. The molecule has 0 N–H and O–H groups in total. The molecule has 0 saturated carbocycles. The third-order valence-electron chi connectivity index (χ3n) is 10.7. The Bertz CT molecular complexity index is 3170. The van der Waals surface area contributed by atoms with Crippen LogP contribution in [0.2, 0.25) is 0 Å². The van der Waals surface area contributed by atoms with E-state index in [2.05, 4.69) is 204 Å². The Morgan fingerprint density at radius 1 is 0.396 bits per heavy atom. The van der Waals surface area contributed by atoms with E-state index >= 15 is 0 Å². The zero-order valence-electron chi connectivity index (χ0n) is 28.8. The first kappa shape index (κ1) is 29.6. The first-order valence-corrected chi connectivity index (χ1v) is 18.1. The minimum absolute atomic E-state index is 0.866. The van der Waals surface area contributed by atoms with E-state index in [4.69, 9.17) is 4.42 Å². The Labute approximate surface area is 306 Å². The smallest absolute Gasteiger partial charge is 0.143 e. The number of furan rings is 1. The van der Waals surface area contributed by atoms with Gasteiger partial charge in [0.15, 0.2) is 0 Å². The minimum atomic E-state index is 0.866. The van der Waals surface area contributed by atoms with Crippen LogP contribution in [0.15, 0.2) is 199 Å². The highest BCUT2D eigenvalue weighted by atomic mass is 16.3. The second kappa shape index (κ2) is 11.7. The van der Waals surface area contributed by atoms with Gasteiger partial charge in [0.1, 0.15) is 11.2 Å². The maximum Gasteiger partial charge on any atom is 0.143 e. The maximum absolute atomic E-state index is 6.73. The fraction of sp³-hybridized carbons (Fsp3) is 0. The van der Waals surface area contributed by atoms with Crippen molar-refractivity contribution in [3.8, 4) is 16.8 Å². The lowest BCUT2D eigenvalue weighted by atomic mass is 10.0. The van der Waals surface area contributed by atoms with Crippen LogP contribution in [0.5, 0.6) is 0 Å². The molecule has 0 spiro atoms. The number of rotatable bonds is 5. The van der Waals surface area contributed by atoms with Crippen LogP contribution in [0, 0.1) is 0 Å². The fourth-order valence-electron chi connectivity index (χ4n) is 8.34. The van der Waals surface area contributed by atoms with E-state index < -0.39 is 0 Å². The van der Waals surface area contributed by atoms with Crippen molar-refractivity contribution in [2.24, 2.45) is 0 Å². The molecule has 248 valence electrons. The van der Waals surface area contributed by atoms with E-state index in [0.29, 0.717) is 0 Å². The lowest BCUT2D eigenvalue weighted by molar-refractivity contribution is 0.672. The SMILES string of the molecule is c1ccc(-c2ccc(N(c3cccc4oc5c6ccccc6ccc5c34)c3cccc4c3c3ccccc3n4-c3ccc4ccccc4c3)cc2)cc1. The van der Waals surface area contributed by atoms with Crippen LogP contribution in [0.1, 0.15) is 0 Å². The third-order valence-corrected chi connectivity index (χ3v) is 10.7. The number of anilines is 3. The number of hydrogen-bond acceptors (Lipinski definition) is 2. The Morgan fingerprint density at radius 3 is 1.89 bits per heavy atom. The molecular formula is C50H32N2O. The molecule has 2 aromatic heterocycles. The van der Waals surface area contributed by atoms with Crippen LogP contribution < -0.4 is 4.90 Å². The molecule has 0 amide bonds. The van der Waals surface area contributed by atoms with Gasteiger partial charge in [0.2, 0.25) is 0 Å². The van der Waals surface area contributed by atoms with Crippen molar-refractivity contribution in [2.75, 3.05) is 4.90 Å². The largest absolute Gasteiger partial charge is 0.455 e. The molecule has 11 aromatic rings. The molecule has 0 bridgehead atoms. The van der Waals surface area contributed by atoms with Gasteiger partial charge in [-0.1, -0.05) is 133 Å². The molecule has 0 radical (unpaired) electrons.